The highest BCUT2D eigenvalue weighted by atomic mass is 32.1. The summed E-state index contributed by atoms with van der Waals surface area (Å²) in [6, 6.07) is 8.15. The lowest BCUT2D eigenvalue weighted by molar-refractivity contribution is 0.0679. The third kappa shape index (κ3) is 3.52. The molecule has 6 nitrogen and oxygen atoms in total. The molecule has 0 saturated carbocycles. The van der Waals surface area contributed by atoms with Crippen LogP contribution in [0, 0.1) is 6.92 Å². The fourth-order valence-corrected chi connectivity index (χ4v) is 3.55. The molecule has 1 aliphatic rings. The van der Waals surface area contributed by atoms with E-state index in [1.807, 2.05) is 29.8 Å². The van der Waals surface area contributed by atoms with Gasteiger partial charge in [-0.1, -0.05) is 23.5 Å². The average Bonchev–Trinajstić information content (AvgIpc) is 3.28. The highest BCUT2D eigenvalue weighted by Crippen LogP contribution is 2.20. The maximum absolute atomic E-state index is 5.78. The first kappa shape index (κ1) is 15.4. The molecule has 3 aromatic rings. The lowest BCUT2D eigenvalue weighted by Gasteiger charge is -2.11. The van der Waals surface area contributed by atoms with Gasteiger partial charge in [0.15, 0.2) is 0 Å². The standard InChI is InChI=1S/C17H20N4O2S/c1-12-10-21-17(19-12)24-16(20-21)18-9-13-4-6-14(7-5-13)23-11-15-3-2-8-22-15/h4-7,10,15H,2-3,8-9,11H2,1H3,(H,18,20). The summed E-state index contributed by atoms with van der Waals surface area (Å²) in [5, 5.41) is 8.67. The summed E-state index contributed by atoms with van der Waals surface area (Å²) in [5.41, 5.74) is 2.17. The Balaban J connectivity index is 1.30. The largest absolute Gasteiger partial charge is 0.491 e. The summed E-state index contributed by atoms with van der Waals surface area (Å²) in [5.74, 6) is 0.887. The van der Waals surface area contributed by atoms with Crippen LogP contribution < -0.4 is 10.1 Å². The smallest absolute Gasteiger partial charge is 0.214 e. The highest BCUT2D eigenvalue weighted by molar-refractivity contribution is 7.20. The van der Waals surface area contributed by atoms with Gasteiger partial charge in [0, 0.05) is 13.2 Å². The summed E-state index contributed by atoms with van der Waals surface area (Å²) >= 11 is 1.55. The minimum Gasteiger partial charge on any atom is -0.491 e. The van der Waals surface area contributed by atoms with Crippen molar-refractivity contribution in [3.05, 3.63) is 41.7 Å². The van der Waals surface area contributed by atoms with E-state index in [0.717, 1.165) is 47.5 Å². The van der Waals surface area contributed by atoms with Gasteiger partial charge in [0.05, 0.1) is 18.0 Å². The van der Waals surface area contributed by atoms with Crippen LogP contribution in [0.25, 0.3) is 4.96 Å². The molecule has 1 saturated heterocycles. The fraction of sp³-hybridized carbons (Fsp3) is 0.412. The lowest BCUT2D eigenvalue weighted by Crippen LogP contribution is -2.16. The van der Waals surface area contributed by atoms with Crippen molar-refractivity contribution in [3.8, 4) is 5.75 Å². The van der Waals surface area contributed by atoms with E-state index in [2.05, 4.69) is 27.5 Å². The number of aryl methyl sites for hydroxylation is 1. The Morgan fingerprint density at radius 3 is 3.00 bits per heavy atom. The number of ether oxygens (including phenoxy) is 2. The number of fused-ring (bicyclic) bond motifs is 1. The van der Waals surface area contributed by atoms with Crippen molar-refractivity contribution in [1.29, 1.82) is 0 Å². The predicted molar refractivity (Wildman–Crippen MR) is 93.8 cm³/mol. The average molecular weight is 344 g/mol. The van der Waals surface area contributed by atoms with Crippen molar-refractivity contribution >= 4 is 21.4 Å². The van der Waals surface area contributed by atoms with Crippen LogP contribution in [-0.2, 0) is 11.3 Å². The SMILES string of the molecule is Cc1cn2nc(NCc3ccc(OCC4CCCO4)cc3)sc2n1. The maximum atomic E-state index is 5.78. The van der Waals surface area contributed by atoms with Crippen molar-refractivity contribution in [1.82, 2.24) is 14.6 Å². The van der Waals surface area contributed by atoms with E-state index in [9.17, 15) is 0 Å². The second-order valence-electron chi connectivity index (χ2n) is 5.96. The topological polar surface area (TPSA) is 60.7 Å². The molecule has 3 heterocycles. The summed E-state index contributed by atoms with van der Waals surface area (Å²) < 4.78 is 13.2. The second kappa shape index (κ2) is 6.78. The van der Waals surface area contributed by atoms with Crippen molar-refractivity contribution in [2.45, 2.75) is 32.4 Å². The second-order valence-corrected chi connectivity index (χ2v) is 6.92. The van der Waals surface area contributed by atoms with Gasteiger partial charge in [-0.3, -0.25) is 0 Å². The Morgan fingerprint density at radius 2 is 2.25 bits per heavy atom. The van der Waals surface area contributed by atoms with Crippen LogP contribution >= 0.6 is 11.3 Å². The Hall–Kier alpha value is -2.12. The van der Waals surface area contributed by atoms with Crippen molar-refractivity contribution < 1.29 is 9.47 Å². The number of hydrogen-bond acceptors (Lipinski definition) is 6. The Morgan fingerprint density at radius 1 is 1.38 bits per heavy atom. The number of imidazole rings is 1. The minimum absolute atomic E-state index is 0.249. The third-order valence-corrected chi connectivity index (χ3v) is 4.87. The van der Waals surface area contributed by atoms with E-state index in [4.69, 9.17) is 9.47 Å². The molecular weight excluding hydrogens is 324 g/mol. The van der Waals surface area contributed by atoms with Gasteiger partial charge in [-0.25, -0.2) is 9.50 Å². The summed E-state index contributed by atoms with van der Waals surface area (Å²) in [4.78, 5) is 5.32. The van der Waals surface area contributed by atoms with Crippen LogP contribution in [-0.4, -0.2) is 33.9 Å². The molecule has 1 fully saturated rings. The van der Waals surface area contributed by atoms with E-state index < -0.39 is 0 Å². The molecule has 24 heavy (non-hydrogen) atoms. The molecule has 1 aliphatic heterocycles. The summed E-state index contributed by atoms with van der Waals surface area (Å²) in [7, 11) is 0. The first-order valence-corrected chi connectivity index (χ1v) is 8.98. The van der Waals surface area contributed by atoms with Gasteiger partial charge < -0.3 is 14.8 Å². The van der Waals surface area contributed by atoms with E-state index in [1.54, 1.807) is 11.3 Å². The molecular formula is C17H20N4O2S. The molecule has 1 N–H and O–H groups in total. The van der Waals surface area contributed by atoms with Crippen molar-refractivity contribution in [2.24, 2.45) is 0 Å². The van der Waals surface area contributed by atoms with Gasteiger partial charge in [0.25, 0.3) is 0 Å². The normalized spacial score (nSPS) is 17.5. The minimum atomic E-state index is 0.249. The Labute approximate surface area is 144 Å². The van der Waals surface area contributed by atoms with E-state index >= 15 is 0 Å². The van der Waals surface area contributed by atoms with Gasteiger partial charge in [-0.2, -0.15) is 0 Å². The molecule has 0 amide bonds. The number of rotatable bonds is 6. The molecule has 0 aliphatic carbocycles. The van der Waals surface area contributed by atoms with Gasteiger partial charge >= 0.3 is 0 Å². The number of nitrogens with zero attached hydrogens (tertiary/aromatic N) is 3. The number of aromatic nitrogens is 3. The van der Waals surface area contributed by atoms with Gasteiger partial charge in [-0.15, -0.1) is 5.10 Å². The third-order valence-electron chi connectivity index (χ3n) is 3.99. The molecule has 0 bridgehead atoms. The molecule has 1 aromatic carbocycles. The molecule has 1 atom stereocenters. The van der Waals surface area contributed by atoms with E-state index in [-0.39, 0.29) is 6.10 Å². The first-order chi connectivity index (χ1) is 11.8. The van der Waals surface area contributed by atoms with Crippen LogP contribution in [0.2, 0.25) is 0 Å². The number of benzene rings is 1. The van der Waals surface area contributed by atoms with Crippen LogP contribution in [0.5, 0.6) is 5.75 Å². The first-order valence-electron chi connectivity index (χ1n) is 8.16. The molecule has 0 radical (unpaired) electrons. The van der Waals surface area contributed by atoms with Crippen molar-refractivity contribution in [3.63, 3.8) is 0 Å². The van der Waals surface area contributed by atoms with Crippen LogP contribution in [0.1, 0.15) is 24.1 Å². The van der Waals surface area contributed by atoms with Crippen molar-refractivity contribution in [2.75, 3.05) is 18.5 Å². The lowest BCUT2D eigenvalue weighted by atomic mass is 10.2. The number of hydrogen-bond donors (Lipinski definition) is 1. The zero-order valence-corrected chi connectivity index (χ0v) is 14.4. The van der Waals surface area contributed by atoms with Gasteiger partial charge in [0.2, 0.25) is 10.1 Å². The predicted octanol–water partition coefficient (Wildman–Crippen LogP) is 3.27. The van der Waals surface area contributed by atoms with Crippen LogP contribution in [0.3, 0.4) is 0 Å². The van der Waals surface area contributed by atoms with E-state index in [0.29, 0.717) is 6.61 Å². The van der Waals surface area contributed by atoms with Crippen LogP contribution in [0.15, 0.2) is 30.5 Å². The zero-order chi connectivity index (χ0) is 16.4. The molecule has 126 valence electrons. The molecule has 2 aromatic heterocycles. The monoisotopic (exact) mass is 344 g/mol. The quantitative estimate of drug-likeness (QED) is 0.744. The molecule has 0 spiro atoms. The molecule has 4 rings (SSSR count). The Kier molecular flexibility index (Phi) is 4.36. The van der Waals surface area contributed by atoms with Crippen LogP contribution in [0.4, 0.5) is 5.13 Å². The molecule has 1 unspecified atom stereocenters. The number of nitrogens with one attached hydrogen (secondary N) is 1. The fourth-order valence-electron chi connectivity index (χ4n) is 2.73. The van der Waals surface area contributed by atoms with E-state index in [1.165, 1.54) is 5.56 Å². The summed E-state index contributed by atoms with van der Waals surface area (Å²) in [6.45, 7) is 4.19. The highest BCUT2D eigenvalue weighted by Gasteiger charge is 2.15. The number of anilines is 1. The van der Waals surface area contributed by atoms with Gasteiger partial charge in [-0.05, 0) is 37.5 Å². The zero-order valence-electron chi connectivity index (χ0n) is 13.6. The van der Waals surface area contributed by atoms with Gasteiger partial charge in [0.1, 0.15) is 12.4 Å². The maximum Gasteiger partial charge on any atom is 0.214 e. The molecule has 7 heteroatoms. The Bertz CT molecular complexity index is 774. The summed E-state index contributed by atoms with van der Waals surface area (Å²) in [6.07, 6.45) is 4.41.